The SMILES string of the molecule is CCc1cc2c(cc1Sc1ccc(F)cc1F)C(=O)CC2. The van der Waals surface area contributed by atoms with Crippen LogP contribution in [0.4, 0.5) is 8.78 Å². The van der Waals surface area contributed by atoms with E-state index >= 15 is 0 Å². The van der Waals surface area contributed by atoms with Crippen LogP contribution in [0.25, 0.3) is 0 Å². The van der Waals surface area contributed by atoms with Gasteiger partial charge in [0, 0.05) is 27.8 Å². The van der Waals surface area contributed by atoms with Gasteiger partial charge in [-0.05, 0) is 42.2 Å². The Morgan fingerprint density at radius 3 is 2.62 bits per heavy atom. The van der Waals surface area contributed by atoms with E-state index in [4.69, 9.17) is 0 Å². The van der Waals surface area contributed by atoms with E-state index in [1.165, 1.54) is 23.9 Å². The number of hydrogen-bond donors (Lipinski definition) is 0. The number of rotatable bonds is 3. The fraction of sp³-hybridized carbons (Fsp3) is 0.235. The van der Waals surface area contributed by atoms with Crippen molar-refractivity contribution >= 4 is 17.5 Å². The lowest BCUT2D eigenvalue weighted by atomic mass is 10.0. The summed E-state index contributed by atoms with van der Waals surface area (Å²) in [5.41, 5.74) is 2.93. The standard InChI is InChI=1S/C17H14F2OS/c1-2-10-7-11-3-5-15(20)13(11)9-17(10)21-16-6-4-12(18)8-14(16)19/h4,6-9H,2-3,5H2,1H3. The monoisotopic (exact) mass is 304 g/mol. The van der Waals surface area contributed by atoms with Crippen LogP contribution in [-0.4, -0.2) is 5.78 Å². The van der Waals surface area contributed by atoms with Crippen LogP contribution >= 0.6 is 11.8 Å². The number of Topliss-reactive ketones (excluding diaryl/α,β-unsaturated/α-hetero) is 1. The lowest BCUT2D eigenvalue weighted by molar-refractivity contribution is 0.0994. The van der Waals surface area contributed by atoms with Gasteiger partial charge in [0.05, 0.1) is 0 Å². The van der Waals surface area contributed by atoms with Crippen molar-refractivity contribution in [1.29, 1.82) is 0 Å². The van der Waals surface area contributed by atoms with Crippen molar-refractivity contribution in [3.8, 4) is 0 Å². The second-order valence-electron chi connectivity index (χ2n) is 5.07. The smallest absolute Gasteiger partial charge is 0.163 e. The minimum atomic E-state index is -0.586. The van der Waals surface area contributed by atoms with Gasteiger partial charge in [-0.2, -0.15) is 0 Å². The number of carbonyl (C=O) groups is 1. The van der Waals surface area contributed by atoms with Crippen molar-refractivity contribution in [2.75, 3.05) is 0 Å². The number of hydrogen-bond acceptors (Lipinski definition) is 2. The van der Waals surface area contributed by atoms with Crippen molar-refractivity contribution in [2.24, 2.45) is 0 Å². The largest absolute Gasteiger partial charge is 0.294 e. The third-order valence-electron chi connectivity index (χ3n) is 3.70. The van der Waals surface area contributed by atoms with Gasteiger partial charge in [-0.1, -0.05) is 24.8 Å². The lowest BCUT2D eigenvalue weighted by Crippen LogP contribution is -1.95. The summed E-state index contributed by atoms with van der Waals surface area (Å²) < 4.78 is 26.8. The predicted molar refractivity (Wildman–Crippen MR) is 79.0 cm³/mol. The van der Waals surface area contributed by atoms with E-state index < -0.39 is 11.6 Å². The molecular weight excluding hydrogens is 290 g/mol. The molecule has 4 heteroatoms. The zero-order valence-electron chi connectivity index (χ0n) is 11.6. The van der Waals surface area contributed by atoms with Crippen molar-refractivity contribution in [1.82, 2.24) is 0 Å². The van der Waals surface area contributed by atoms with Crippen molar-refractivity contribution in [3.05, 3.63) is 58.7 Å². The average Bonchev–Trinajstić information content (AvgIpc) is 2.82. The molecule has 0 unspecified atom stereocenters. The van der Waals surface area contributed by atoms with Gasteiger partial charge in [0.15, 0.2) is 5.78 Å². The normalized spacial score (nSPS) is 13.6. The number of carbonyl (C=O) groups excluding carboxylic acids is 1. The van der Waals surface area contributed by atoms with Gasteiger partial charge in [0.2, 0.25) is 0 Å². The molecule has 0 N–H and O–H groups in total. The number of aryl methyl sites for hydroxylation is 2. The zero-order chi connectivity index (χ0) is 15.0. The Bertz CT molecular complexity index is 725. The number of ketones is 1. The quantitative estimate of drug-likeness (QED) is 0.809. The van der Waals surface area contributed by atoms with Crippen LogP contribution in [-0.2, 0) is 12.8 Å². The van der Waals surface area contributed by atoms with Gasteiger partial charge in [-0.15, -0.1) is 0 Å². The van der Waals surface area contributed by atoms with Crippen molar-refractivity contribution in [2.45, 2.75) is 36.0 Å². The Kier molecular flexibility index (Phi) is 3.81. The van der Waals surface area contributed by atoms with Crippen LogP contribution in [0.15, 0.2) is 40.1 Å². The summed E-state index contributed by atoms with van der Waals surface area (Å²) in [6.07, 6.45) is 2.15. The average molecular weight is 304 g/mol. The summed E-state index contributed by atoms with van der Waals surface area (Å²) in [5, 5.41) is 0. The molecule has 108 valence electrons. The predicted octanol–water partition coefficient (Wildman–Crippen LogP) is 4.81. The Balaban J connectivity index is 2.01. The highest BCUT2D eigenvalue weighted by Gasteiger charge is 2.22. The number of fused-ring (bicyclic) bond motifs is 1. The molecule has 1 aliphatic carbocycles. The molecule has 0 heterocycles. The van der Waals surface area contributed by atoms with Crippen LogP contribution in [0.5, 0.6) is 0 Å². The Morgan fingerprint density at radius 1 is 1.10 bits per heavy atom. The van der Waals surface area contributed by atoms with E-state index in [0.717, 1.165) is 40.5 Å². The van der Waals surface area contributed by atoms with E-state index in [1.807, 2.05) is 19.1 Å². The molecule has 21 heavy (non-hydrogen) atoms. The molecule has 0 atom stereocenters. The minimum absolute atomic E-state index is 0.147. The van der Waals surface area contributed by atoms with Gasteiger partial charge < -0.3 is 0 Å². The van der Waals surface area contributed by atoms with Crippen molar-refractivity contribution < 1.29 is 13.6 Å². The maximum absolute atomic E-state index is 13.8. The highest BCUT2D eigenvalue weighted by Crippen LogP contribution is 2.36. The summed E-state index contributed by atoms with van der Waals surface area (Å²) in [7, 11) is 0. The number of benzene rings is 2. The molecule has 0 aromatic heterocycles. The molecule has 2 aromatic carbocycles. The van der Waals surface area contributed by atoms with Crippen LogP contribution in [0.3, 0.4) is 0 Å². The summed E-state index contributed by atoms with van der Waals surface area (Å²) >= 11 is 1.25. The van der Waals surface area contributed by atoms with Crippen LogP contribution in [0.2, 0.25) is 0 Å². The third kappa shape index (κ3) is 2.72. The first-order chi connectivity index (χ1) is 10.1. The summed E-state index contributed by atoms with van der Waals surface area (Å²) in [4.78, 5) is 13.1. The minimum Gasteiger partial charge on any atom is -0.294 e. The van der Waals surface area contributed by atoms with Crippen LogP contribution < -0.4 is 0 Å². The van der Waals surface area contributed by atoms with E-state index in [1.54, 1.807) is 0 Å². The first-order valence-electron chi connectivity index (χ1n) is 6.90. The molecule has 2 aromatic rings. The van der Waals surface area contributed by atoms with E-state index in [2.05, 4.69) is 0 Å². The molecule has 0 fully saturated rings. The summed E-state index contributed by atoms with van der Waals surface area (Å²) in [5.74, 6) is -1.01. The molecule has 0 amide bonds. The zero-order valence-corrected chi connectivity index (χ0v) is 12.4. The molecule has 0 saturated heterocycles. The molecular formula is C17H14F2OS. The second-order valence-corrected chi connectivity index (χ2v) is 6.15. The van der Waals surface area contributed by atoms with E-state index in [0.29, 0.717) is 11.3 Å². The highest BCUT2D eigenvalue weighted by atomic mass is 32.2. The lowest BCUT2D eigenvalue weighted by Gasteiger charge is -2.11. The molecule has 0 aliphatic heterocycles. The first-order valence-corrected chi connectivity index (χ1v) is 7.72. The Morgan fingerprint density at radius 2 is 1.90 bits per heavy atom. The number of halogens is 2. The van der Waals surface area contributed by atoms with Gasteiger partial charge >= 0.3 is 0 Å². The van der Waals surface area contributed by atoms with Gasteiger partial charge in [-0.25, -0.2) is 8.78 Å². The summed E-state index contributed by atoms with van der Waals surface area (Å²) in [6.45, 7) is 2.03. The van der Waals surface area contributed by atoms with Gasteiger partial charge in [0.25, 0.3) is 0 Å². The fourth-order valence-electron chi connectivity index (χ4n) is 2.57. The van der Waals surface area contributed by atoms with Gasteiger partial charge in [-0.3, -0.25) is 4.79 Å². The maximum Gasteiger partial charge on any atom is 0.163 e. The molecule has 1 aliphatic rings. The van der Waals surface area contributed by atoms with Crippen LogP contribution in [0, 0.1) is 11.6 Å². The third-order valence-corrected chi connectivity index (χ3v) is 4.85. The van der Waals surface area contributed by atoms with Gasteiger partial charge in [0.1, 0.15) is 11.6 Å². The Labute approximate surface area is 126 Å². The first kappa shape index (κ1) is 14.3. The topological polar surface area (TPSA) is 17.1 Å². The van der Waals surface area contributed by atoms with E-state index in [9.17, 15) is 13.6 Å². The fourth-order valence-corrected chi connectivity index (χ4v) is 3.61. The summed E-state index contributed by atoms with van der Waals surface area (Å²) in [6, 6.07) is 7.47. The molecule has 0 saturated carbocycles. The molecule has 3 rings (SSSR count). The molecule has 0 bridgehead atoms. The highest BCUT2D eigenvalue weighted by molar-refractivity contribution is 7.99. The van der Waals surface area contributed by atoms with E-state index in [-0.39, 0.29) is 5.78 Å². The van der Waals surface area contributed by atoms with Crippen molar-refractivity contribution in [3.63, 3.8) is 0 Å². The molecule has 1 nitrogen and oxygen atoms in total. The maximum atomic E-state index is 13.8. The molecule has 0 radical (unpaired) electrons. The molecule has 0 spiro atoms. The van der Waals surface area contributed by atoms with Crippen LogP contribution in [0.1, 0.15) is 34.8 Å². The Hall–Kier alpha value is -1.68. The second kappa shape index (κ2) is 5.60.